The fourth-order valence-corrected chi connectivity index (χ4v) is 3.77. The minimum absolute atomic E-state index is 0.125. The van der Waals surface area contributed by atoms with Crippen LogP contribution in [0.1, 0.15) is 45.9 Å². The Bertz CT molecular complexity index is 746. The number of alkyl carbamates (subject to hydrolysis) is 1. The van der Waals surface area contributed by atoms with Crippen molar-refractivity contribution < 1.29 is 19.1 Å². The first kappa shape index (κ1) is 20.2. The number of carbonyl (C=O) groups is 2. The topological polar surface area (TPSA) is 84.0 Å². The maximum Gasteiger partial charge on any atom is 0.410 e. The molecule has 0 radical (unpaired) electrons. The van der Waals surface area contributed by atoms with Crippen LogP contribution in [-0.4, -0.2) is 59.4 Å². The molecular formula is C20H30N4O4. The van der Waals surface area contributed by atoms with Crippen LogP contribution in [0.25, 0.3) is 0 Å². The summed E-state index contributed by atoms with van der Waals surface area (Å²) in [5.74, 6) is 0.929. The molecule has 1 aromatic heterocycles. The van der Waals surface area contributed by atoms with E-state index < -0.39 is 11.7 Å². The van der Waals surface area contributed by atoms with E-state index in [1.54, 1.807) is 4.90 Å². The lowest BCUT2D eigenvalue weighted by Crippen LogP contribution is -2.58. The Kier molecular flexibility index (Phi) is 5.67. The third kappa shape index (κ3) is 4.48. The van der Waals surface area contributed by atoms with Gasteiger partial charge in [0.05, 0.1) is 11.7 Å². The molecule has 1 fully saturated rings. The Balaban J connectivity index is 1.69. The molecule has 1 N–H and O–H groups in total. The van der Waals surface area contributed by atoms with Gasteiger partial charge in [-0.25, -0.2) is 14.6 Å². The summed E-state index contributed by atoms with van der Waals surface area (Å²) in [5.41, 5.74) is 1.37. The summed E-state index contributed by atoms with van der Waals surface area (Å²) in [6.45, 7) is 11.4. The average Bonchev–Trinajstić information content (AvgIpc) is 2.97. The molecule has 154 valence electrons. The lowest BCUT2D eigenvalue weighted by atomic mass is 10.1. The maximum atomic E-state index is 12.5. The number of nitrogens with one attached hydrogen (secondary N) is 1. The maximum absolute atomic E-state index is 12.5. The summed E-state index contributed by atoms with van der Waals surface area (Å²) in [6, 6.07) is 4.24. The minimum Gasteiger partial charge on any atom is -0.444 e. The largest absolute Gasteiger partial charge is 0.444 e. The van der Waals surface area contributed by atoms with Crippen LogP contribution in [-0.2, 0) is 22.5 Å². The number of hydrogen-bond acceptors (Lipinski definition) is 6. The molecule has 0 spiro atoms. The van der Waals surface area contributed by atoms with Gasteiger partial charge in [-0.3, -0.25) is 0 Å². The van der Waals surface area contributed by atoms with Crippen molar-refractivity contribution in [3.05, 3.63) is 23.4 Å². The quantitative estimate of drug-likeness (QED) is 0.854. The number of piperazine rings is 1. The summed E-state index contributed by atoms with van der Waals surface area (Å²) in [6.07, 6.45) is 0.129. The van der Waals surface area contributed by atoms with Gasteiger partial charge < -0.3 is 24.6 Å². The summed E-state index contributed by atoms with van der Waals surface area (Å²) in [4.78, 5) is 32.8. The number of carbonyl (C=O) groups excluding carboxylic acids is 2. The van der Waals surface area contributed by atoms with E-state index in [4.69, 9.17) is 14.5 Å². The van der Waals surface area contributed by atoms with Crippen LogP contribution in [0.15, 0.2) is 12.1 Å². The Morgan fingerprint density at radius 2 is 2.04 bits per heavy atom. The van der Waals surface area contributed by atoms with Crippen molar-refractivity contribution in [2.45, 2.75) is 65.3 Å². The molecule has 0 saturated carbocycles. The SMILES string of the molecule is CCNC(=O)OCc1ccc2c(n1)N1[C@H](C2)CN(C(=O)OC(C)(C)C)C[C@H]1C. The third-order valence-electron chi connectivity index (χ3n) is 4.82. The van der Waals surface area contributed by atoms with Crippen molar-refractivity contribution in [3.63, 3.8) is 0 Å². The normalized spacial score (nSPS) is 21.0. The second kappa shape index (κ2) is 7.85. The van der Waals surface area contributed by atoms with Gasteiger partial charge in [0.2, 0.25) is 0 Å². The van der Waals surface area contributed by atoms with Crippen LogP contribution < -0.4 is 10.2 Å². The molecule has 0 bridgehead atoms. The highest BCUT2D eigenvalue weighted by molar-refractivity contribution is 5.70. The monoisotopic (exact) mass is 390 g/mol. The van der Waals surface area contributed by atoms with E-state index in [1.165, 1.54) is 0 Å². The van der Waals surface area contributed by atoms with E-state index >= 15 is 0 Å². The van der Waals surface area contributed by atoms with Crippen LogP contribution in [0, 0.1) is 0 Å². The van der Waals surface area contributed by atoms with E-state index in [9.17, 15) is 9.59 Å². The van der Waals surface area contributed by atoms with Crippen LogP contribution in [0.4, 0.5) is 15.4 Å². The van der Waals surface area contributed by atoms with Crippen LogP contribution in [0.3, 0.4) is 0 Å². The molecule has 0 aromatic carbocycles. The number of hydrogen-bond donors (Lipinski definition) is 1. The van der Waals surface area contributed by atoms with Crippen molar-refractivity contribution in [1.82, 2.24) is 15.2 Å². The smallest absolute Gasteiger partial charge is 0.410 e. The summed E-state index contributed by atoms with van der Waals surface area (Å²) < 4.78 is 10.7. The number of fused-ring (bicyclic) bond motifs is 3. The second-order valence-corrected chi connectivity index (χ2v) is 8.39. The molecule has 0 unspecified atom stereocenters. The van der Waals surface area contributed by atoms with Crippen LogP contribution >= 0.6 is 0 Å². The highest BCUT2D eigenvalue weighted by Gasteiger charge is 2.41. The summed E-state index contributed by atoms with van der Waals surface area (Å²) >= 11 is 0. The molecule has 0 aliphatic carbocycles. The van der Waals surface area contributed by atoms with E-state index in [0.29, 0.717) is 25.3 Å². The van der Waals surface area contributed by atoms with Crippen molar-refractivity contribution in [2.75, 3.05) is 24.5 Å². The lowest BCUT2D eigenvalue weighted by Gasteiger charge is -2.43. The predicted octanol–water partition coefficient (Wildman–Crippen LogP) is 2.70. The predicted molar refractivity (Wildman–Crippen MR) is 105 cm³/mol. The second-order valence-electron chi connectivity index (χ2n) is 8.39. The van der Waals surface area contributed by atoms with Crippen molar-refractivity contribution in [3.8, 4) is 0 Å². The molecule has 1 aromatic rings. The van der Waals surface area contributed by atoms with Gasteiger partial charge in [0, 0.05) is 25.7 Å². The molecule has 1 saturated heterocycles. The Labute approximate surface area is 166 Å². The van der Waals surface area contributed by atoms with Crippen molar-refractivity contribution in [1.29, 1.82) is 0 Å². The zero-order valence-electron chi connectivity index (χ0n) is 17.3. The molecule has 28 heavy (non-hydrogen) atoms. The zero-order chi connectivity index (χ0) is 20.5. The standard InChI is InChI=1S/C20H30N4O4/c1-6-21-18(25)27-12-15-8-7-14-9-16-11-23(19(26)28-20(3,4)5)10-13(2)24(16)17(14)22-15/h7-8,13,16H,6,9-12H2,1-5H3,(H,21,25)/t13-,16-/m1/s1. The van der Waals surface area contributed by atoms with Gasteiger partial charge in [-0.05, 0) is 52.7 Å². The Morgan fingerprint density at radius 1 is 1.29 bits per heavy atom. The van der Waals surface area contributed by atoms with Crippen LogP contribution in [0.2, 0.25) is 0 Å². The first-order chi connectivity index (χ1) is 13.2. The molecule has 3 heterocycles. The van der Waals surface area contributed by atoms with Gasteiger partial charge in [-0.2, -0.15) is 0 Å². The van der Waals surface area contributed by atoms with Crippen molar-refractivity contribution >= 4 is 18.0 Å². The van der Waals surface area contributed by atoms with Gasteiger partial charge in [-0.15, -0.1) is 0 Å². The minimum atomic E-state index is -0.503. The number of ether oxygens (including phenoxy) is 2. The number of anilines is 1. The highest BCUT2D eigenvalue weighted by atomic mass is 16.6. The average molecular weight is 390 g/mol. The molecule has 3 rings (SSSR count). The zero-order valence-corrected chi connectivity index (χ0v) is 17.3. The molecular weight excluding hydrogens is 360 g/mol. The lowest BCUT2D eigenvalue weighted by molar-refractivity contribution is 0.0191. The molecule has 2 amide bonds. The van der Waals surface area contributed by atoms with E-state index in [2.05, 4.69) is 17.1 Å². The van der Waals surface area contributed by atoms with Gasteiger partial charge in [0.15, 0.2) is 0 Å². The van der Waals surface area contributed by atoms with Gasteiger partial charge in [0.1, 0.15) is 18.0 Å². The number of nitrogens with zero attached hydrogens (tertiary/aromatic N) is 3. The summed E-state index contributed by atoms with van der Waals surface area (Å²) in [5, 5.41) is 2.60. The van der Waals surface area contributed by atoms with Crippen molar-refractivity contribution in [2.24, 2.45) is 0 Å². The first-order valence-electron chi connectivity index (χ1n) is 9.83. The molecule has 2 atom stereocenters. The Hall–Kier alpha value is -2.51. The highest BCUT2D eigenvalue weighted by Crippen LogP contribution is 2.35. The molecule has 8 heteroatoms. The summed E-state index contributed by atoms with van der Waals surface area (Å²) in [7, 11) is 0. The van der Waals surface area contributed by atoms with Gasteiger partial charge >= 0.3 is 12.2 Å². The number of aromatic nitrogens is 1. The number of amides is 2. The molecule has 2 aliphatic heterocycles. The first-order valence-corrected chi connectivity index (χ1v) is 9.83. The van der Waals surface area contributed by atoms with E-state index in [1.807, 2.05) is 39.8 Å². The Morgan fingerprint density at radius 3 is 2.71 bits per heavy atom. The number of rotatable bonds is 3. The third-order valence-corrected chi connectivity index (χ3v) is 4.82. The fourth-order valence-electron chi connectivity index (χ4n) is 3.77. The van der Waals surface area contributed by atoms with Gasteiger partial charge in [-0.1, -0.05) is 6.07 Å². The molecule has 2 aliphatic rings. The number of pyridine rings is 1. The van der Waals surface area contributed by atoms with E-state index in [-0.39, 0.29) is 24.8 Å². The fraction of sp³-hybridized carbons (Fsp3) is 0.650. The van der Waals surface area contributed by atoms with E-state index in [0.717, 1.165) is 17.8 Å². The van der Waals surface area contributed by atoms with Gasteiger partial charge in [0.25, 0.3) is 0 Å². The molecule has 8 nitrogen and oxygen atoms in total. The van der Waals surface area contributed by atoms with Crippen LogP contribution in [0.5, 0.6) is 0 Å².